The molecule has 8 nitrogen and oxygen atoms in total. The van der Waals surface area contributed by atoms with E-state index in [9.17, 15) is 19.2 Å². The quantitative estimate of drug-likeness (QED) is 0.585. The molecular formula is C14H14N4O4. The molecule has 0 saturated carbocycles. The van der Waals surface area contributed by atoms with Gasteiger partial charge in [0.2, 0.25) is 5.91 Å². The number of benzene rings is 1. The number of carbonyl (C=O) groups is 4. The fraction of sp³-hybridized carbons (Fsp3) is 0.286. The molecule has 0 bridgehead atoms. The van der Waals surface area contributed by atoms with E-state index < -0.39 is 17.9 Å². The standard InChI is InChI=1S/C14H14N4O4/c15-11(19)14(22)17-5-6-18-10(7-17)12(20)16-9-4-2-1-3-8(9)13(18)21/h1-4,10H,5-7H2,(H2,15,19)(H,16,20). The Hall–Kier alpha value is -2.90. The van der Waals surface area contributed by atoms with E-state index in [1.165, 1.54) is 9.80 Å². The van der Waals surface area contributed by atoms with Crippen LogP contribution in [0.2, 0.25) is 0 Å². The zero-order valence-corrected chi connectivity index (χ0v) is 11.6. The number of fused-ring (bicyclic) bond motifs is 2. The lowest BCUT2D eigenvalue weighted by molar-refractivity contribution is -0.146. The fourth-order valence-corrected chi connectivity index (χ4v) is 2.74. The number of amides is 4. The van der Waals surface area contributed by atoms with Gasteiger partial charge in [-0.2, -0.15) is 0 Å². The molecule has 114 valence electrons. The summed E-state index contributed by atoms with van der Waals surface area (Å²) >= 11 is 0. The van der Waals surface area contributed by atoms with Gasteiger partial charge in [0, 0.05) is 13.1 Å². The van der Waals surface area contributed by atoms with Crippen LogP contribution < -0.4 is 11.1 Å². The molecule has 8 heteroatoms. The molecule has 2 heterocycles. The highest BCUT2D eigenvalue weighted by Crippen LogP contribution is 2.25. The van der Waals surface area contributed by atoms with E-state index in [4.69, 9.17) is 5.73 Å². The van der Waals surface area contributed by atoms with Crippen LogP contribution in [-0.4, -0.2) is 59.1 Å². The largest absolute Gasteiger partial charge is 0.361 e. The summed E-state index contributed by atoms with van der Waals surface area (Å²) in [6.07, 6.45) is 0. The monoisotopic (exact) mass is 302 g/mol. The third kappa shape index (κ3) is 2.18. The third-order valence-electron chi connectivity index (χ3n) is 3.86. The molecule has 0 aliphatic carbocycles. The molecule has 1 saturated heterocycles. The number of hydrogen-bond donors (Lipinski definition) is 2. The van der Waals surface area contributed by atoms with E-state index in [1.807, 2.05) is 0 Å². The molecule has 2 aliphatic rings. The number of nitrogens with zero attached hydrogens (tertiary/aromatic N) is 2. The molecule has 3 rings (SSSR count). The minimum atomic E-state index is -1.07. The smallest absolute Gasteiger partial charge is 0.311 e. The van der Waals surface area contributed by atoms with Crippen molar-refractivity contribution in [1.29, 1.82) is 0 Å². The number of piperazine rings is 1. The van der Waals surface area contributed by atoms with E-state index >= 15 is 0 Å². The summed E-state index contributed by atoms with van der Waals surface area (Å²) in [7, 11) is 0. The summed E-state index contributed by atoms with van der Waals surface area (Å²) in [4.78, 5) is 50.2. The van der Waals surface area contributed by atoms with E-state index in [0.29, 0.717) is 11.3 Å². The van der Waals surface area contributed by atoms with Crippen LogP contribution in [0, 0.1) is 0 Å². The number of nitrogens with one attached hydrogen (secondary N) is 1. The van der Waals surface area contributed by atoms with E-state index in [2.05, 4.69) is 5.32 Å². The molecule has 22 heavy (non-hydrogen) atoms. The van der Waals surface area contributed by atoms with Crippen LogP contribution in [0.4, 0.5) is 5.69 Å². The van der Waals surface area contributed by atoms with Gasteiger partial charge in [-0.05, 0) is 12.1 Å². The highest BCUT2D eigenvalue weighted by Gasteiger charge is 2.40. The van der Waals surface area contributed by atoms with Crippen LogP contribution in [-0.2, 0) is 14.4 Å². The Bertz CT molecular complexity index is 687. The van der Waals surface area contributed by atoms with Crippen LogP contribution in [0.5, 0.6) is 0 Å². The SMILES string of the molecule is NC(=O)C(=O)N1CCN2C(=O)c3ccccc3NC(=O)C2C1. The van der Waals surface area contributed by atoms with Crippen molar-refractivity contribution in [2.24, 2.45) is 5.73 Å². The Labute approximate surface area is 125 Å². The predicted molar refractivity (Wildman–Crippen MR) is 75.7 cm³/mol. The number of para-hydroxylation sites is 1. The molecular weight excluding hydrogens is 288 g/mol. The Morgan fingerprint density at radius 1 is 1.18 bits per heavy atom. The maximum absolute atomic E-state index is 12.6. The minimum absolute atomic E-state index is 0.0483. The summed E-state index contributed by atoms with van der Waals surface area (Å²) in [6, 6.07) is 5.89. The van der Waals surface area contributed by atoms with Crippen LogP contribution >= 0.6 is 0 Å². The van der Waals surface area contributed by atoms with Gasteiger partial charge in [-0.3, -0.25) is 19.2 Å². The molecule has 0 aromatic heterocycles. The Morgan fingerprint density at radius 3 is 2.64 bits per heavy atom. The van der Waals surface area contributed by atoms with Gasteiger partial charge in [0.1, 0.15) is 6.04 Å². The second-order valence-electron chi connectivity index (χ2n) is 5.16. The zero-order valence-electron chi connectivity index (χ0n) is 11.6. The lowest BCUT2D eigenvalue weighted by Crippen LogP contribution is -2.60. The number of anilines is 1. The summed E-state index contributed by atoms with van der Waals surface area (Å²) in [5.41, 5.74) is 5.84. The fourth-order valence-electron chi connectivity index (χ4n) is 2.74. The minimum Gasteiger partial charge on any atom is -0.361 e. The van der Waals surface area contributed by atoms with Crippen molar-refractivity contribution in [3.05, 3.63) is 29.8 Å². The van der Waals surface area contributed by atoms with E-state index in [0.717, 1.165) is 0 Å². The highest BCUT2D eigenvalue weighted by molar-refractivity contribution is 6.34. The first kappa shape index (κ1) is 14.1. The second-order valence-corrected chi connectivity index (χ2v) is 5.16. The number of nitrogens with two attached hydrogens (primary N) is 1. The average molecular weight is 302 g/mol. The van der Waals surface area contributed by atoms with Gasteiger partial charge >= 0.3 is 11.8 Å². The number of hydrogen-bond acceptors (Lipinski definition) is 4. The molecule has 0 spiro atoms. The van der Waals surface area contributed by atoms with E-state index in [-0.39, 0.29) is 31.4 Å². The van der Waals surface area contributed by atoms with Crippen molar-refractivity contribution in [2.75, 3.05) is 25.0 Å². The molecule has 1 aromatic rings. The van der Waals surface area contributed by atoms with Gasteiger partial charge in [-0.25, -0.2) is 0 Å². The summed E-state index contributed by atoms with van der Waals surface area (Å²) < 4.78 is 0. The molecule has 4 amide bonds. The van der Waals surface area contributed by atoms with Crippen molar-refractivity contribution in [2.45, 2.75) is 6.04 Å². The average Bonchev–Trinajstić information content (AvgIpc) is 2.62. The molecule has 3 N–H and O–H groups in total. The van der Waals surface area contributed by atoms with Crippen molar-refractivity contribution in [3.63, 3.8) is 0 Å². The van der Waals surface area contributed by atoms with Crippen LogP contribution in [0.1, 0.15) is 10.4 Å². The van der Waals surface area contributed by atoms with Crippen LogP contribution in [0.3, 0.4) is 0 Å². The second kappa shape index (κ2) is 5.14. The first-order valence-electron chi connectivity index (χ1n) is 6.78. The highest BCUT2D eigenvalue weighted by atomic mass is 16.2. The third-order valence-corrected chi connectivity index (χ3v) is 3.86. The Kier molecular flexibility index (Phi) is 3.28. The molecule has 1 unspecified atom stereocenters. The van der Waals surface area contributed by atoms with Gasteiger partial charge in [0.05, 0.1) is 17.8 Å². The van der Waals surface area contributed by atoms with Crippen molar-refractivity contribution in [1.82, 2.24) is 9.80 Å². The predicted octanol–water partition coefficient (Wildman–Crippen LogP) is -1.22. The lowest BCUT2D eigenvalue weighted by atomic mass is 10.1. The van der Waals surface area contributed by atoms with Gasteiger partial charge in [-0.15, -0.1) is 0 Å². The van der Waals surface area contributed by atoms with Crippen molar-refractivity contribution >= 4 is 29.3 Å². The van der Waals surface area contributed by atoms with Gasteiger partial charge in [-0.1, -0.05) is 12.1 Å². The molecule has 0 radical (unpaired) electrons. The number of carbonyl (C=O) groups excluding carboxylic acids is 4. The Morgan fingerprint density at radius 2 is 1.91 bits per heavy atom. The van der Waals surface area contributed by atoms with Gasteiger partial charge < -0.3 is 20.9 Å². The summed E-state index contributed by atoms with van der Waals surface area (Å²) in [5, 5.41) is 2.69. The zero-order chi connectivity index (χ0) is 15.9. The molecule has 1 fully saturated rings. The Balaban J connectivity index is 1.91. The normalized spacial score (nSPS) is 20.6. The van der Waals surface area contributed by atoms with Crippen molar-refractivity contribution in [3.8, 4) is 0 Å². The maximum Gasteiger partial charge on any atom is 0.311 e. The lowest BCUT2D eigenvalue weighted by Gasteiger charge is -2.38. The maximum atomic E-state index is 12.6. The van der Waals surface area contributed by atoms with Gasteiger partial charge in [0.25, 0.3) is 5.91 Å². The first-order chi connectivity index (χ1) is 10.5. The molecule has 1 aromatic carbocycles. The molecule has 2 aliphatic heterocycles. The van der Waals surface area contributed by atoms with E-state index in [1.54, 1.807) is 24.3 Å². The summed E-state index contributed by atoms with van der Waals surface area (Å²) in [5.74, 6) is -2.58. The number of rotatable bonds is 0. The number of primary amides is 1. The first-order valence-corrected chi connectivity index (χ1v) is 6.78. The molecule has 1 atom stereocenters. The van der Waals surface area contributed by atoms with Crippen molar-refractivity contribution < 1.29 is 19.2 Å². The van der Waals surface area contributed by atoms with Crippen LogP contribution in [0.15, 0.2) is 24.3 Å². The topological polar surface area (TPSA) is 113 Å². The van der Waals surface area contributed by atoms with Gasteiger partial charge in [0.15, 0.2) is 0 Å². The van der Waals surface area contributed by atoms with Crippen LogP contribution in [0.25, 0.3) is 0 Å². The summed E-state index contributed by atoms with van der Waals surface area (Å²) in [6.45, 7) is 0.289.